The number of anilines is 2. The number of hydrogen-bond acceptors (Lipinski definition) is 8. The first-order valence-corrected chi connectivity index (χ1v) is 8.39. The quantitative estimate of drug-likeness (QED) is 0.521. The van der Waals surface area contributed by atoms with Gasteiger partial charge in [0.1, 0.15) is 17.9 Å². The Balaban J connectivity index is 1.80. The Morgan fingerprint density at radius 2 is 2.04 bits per heavy atom. The van der Waals surface area contributed by atoms with E-state index in [0.717, 1.165) is 0 Å². The second kappa shape index (κ2) is 6.78. The molecular weight excluding hydrogens is 359 g/mol. The highest BCUT2D eigenvalue weighted by atomic mass is 35.5. The highest BCUT2D eigenvalue weighted by Gasteiger charge is 2.54. The molecule has 1 aliphatic carbocycles. The molecule has 0 aromatic carbocycles. The molecule has 10 heteroatoms. The summed E-state index contributed by atoms with van der Waals surface area (Å²) in [5.41, 5.74) is 6.14. The summed E-state index contributed by atoms with van der Waals surface area (Å²) in [4.78, 5) is 7.89. The zero-order valence-electron chi connectivity index (χ0n) is 13.3. The normalized spacial score (nSPS) is 31.2. The van der Waals surface area contributed by atoms with Crippen LogP contribution in [0, 0.1) is 0 Å². The minimum absolute atomic E-state index is 0.00301. The van der Waals surface area contributed by atoms with Crippen molar-refractivity contribution in [3.8, 4) is 0 Å². The Morgan fingerprint density at radius 3 is 2.75 bits per heavy atom. The predicted molar refractivity (Wildman–Crippen MR) is 89.1 cm³/mol. The number of fused-ring (bicyclic) bond motifs is 1. The topological polar surface area (TPSA) is 112 Å². The SMILES string of the molecule is CC1(C)OC2C(Nc3nc(Cl)nc(Cl)c3N)CC(OCCO)C2O1. The van der Waals surface area contributed by atoms with E-state index in [0.29, 0.717) is 12.2 Å². The van der Waals surface area contributed by atoms with Gasteiger partial charge in [0.15, 0.2) is 16.8 Å². The van der Waals surface area contributed by atoms with E-state index in [-0.39, 0.29) is 53.7 Å². The molecule has 0 spiro atoms. The van der Waals surface area contributed by atoms with Gasteiger partial charge in [0.25, 0.3) is 0 Å². The number of nitrogens with one attached hydrogen (secondary N) is 1. The average Bonchev–Trinajstić information content (AvgIpc) is 2.96. The standard InChI is InChI=1S/C14H20Cl2N4O4/c1-14(2)23-9-6(5-7(10(9)24-14)22-4-3-21)18-12-8(17)11(15)19-13(16)20-12/h6-7,9-10,21H,3-5,17H2,1-2H3,(H,18,19,20). The number of halogens is 2. The molecule has 0 amide bonds. The van der Waals surface area contributed by atoms with Crippen LogP contribution in [-0.4, -0.2) is 58.4 Å². The van der Waals surface area contributed by atoms with E-state index in [9.17, 15) is 0 Å². The van der Waals surface area contributed by atoms with Crippen LogP contribution in [0.2, 0.25) is 10.4 Å². The Morgan fingerprint density at radius 1 is 1.33 bits per heavy atom. The fraction of sp³-hybridized carbons (Fsp3) is 0.714. The maximum absolute atomic E-state index is 8.99. The number of aliphatic hydroxyl groups excluding tert-OH is 1. The summed E-state index contributed by atoms with van der Waals surface area (Å²) in [7, 11) is 0. The molecule has 4 atom stereocenters. The van der Waals surface area contributed by atoms with Crippen molar-refractivity contribution in [2.45, 2.75) is 50.4 Å². The van der Waals surface area contributed by atoms with E-state index in [1.54, 1.807) is 0 Å². The van der Waals surface area contributed by atoms with Crippen molar-refractivity contribution in [3.05, 3.63) is 10.4 Å². The summed E-state index contributed by atoms with van der Waals surface area (Å²) >= 11 is 11.8. The number of aliphatic hydroxyl groups is 1. The molecule has 24 heavy (non-hydrogen) atoms. The Kier molecular flexibility index (Phi) is 5.06. The smallest absolute Gasteiger partial charge is 0.225 e. The number of rotatable bonds is 5. The van der Waals surface area contributed by atoms with Gasteiger partial charge in [0, 0.05) is 0 Å². The van der Waals surface area contributed by atoms with Gasteiger partial charge in [-0.15, -0.1) is 0 Å². The molecule has 2 aliphatic rings. The fourth-order valence-electron chi connectivity index (χ4n) is 3.14. The lowest BCUT2D eigenvalue weighted by Crippen LogP contribution is -2.35. The fourth-order valence-corrected chi connectivity index (χ4v) is 3.53. The number of aromatic nitrogens is 2. The van der Waals surface area contributed by atoms with Gasteiger partial charge >= 0.3 is 0 Å². The minimum Gasteiger partial charge on any atom is -0.394 e. The Hall–Kier alpha value is -0.900. The van der Waals surface area contributed by atoms with Crippen LogP contribution in [0.5, 0.6) is 0 Å². The maximum Gasteiger partial charge on any atom is 0.225 e. The number of ether oxygens (including phenoxy) is 3. The summed E-state index contributed by atoms with van der Waals surface area (Å²) in [5.74, 6) is -0.372. The zero-order valence-corrected chi connectivity index (χ0v) is 14.8. The van der Waals surface area contributed by atoms with E-state index >= 15 is 0 Å². The van der Waals surface area contributed by atoms with Gasteiger partial charge in [0.2, 0.25) is 5.28 Å². The van der Waals surface area contributed by atoms with E-state index in [4.69, 9.17) is 48.3 Å². The third-order valence-electron chi connectivity index (χ3n) is 4.03. The van der Waals surface area contributed by atoms with Crippen LogP contribution < -0.4 is 11.1 Å². The number of nitrogen functional groups attached to an aromatic ring is 1. The molecule has 4 unspecified atom stereocenters. The molecule has 0 bridgehead atoms. The van der Waals surface area contributed by atoms with E-state index < -0.39 is 5.79 Å². The first-order chi connectivity index (χ1) is 11.3. The number of nitrogens with two attached hydrogens (primary N) is 1. The van der Waals surface area contributed by atoms with E-state index in [2.05, 4.69) is 15.3 Å². The van der Waals surface area contributed by atoms with Crippen LogP contribution in [-0.2, 0) is 14.2 Å². The van der Waals surface area contributed by atoms with Crippen molar-refractivity contribution >= 4 is 34.7 Å². The van der Waals surface area contributed by atoms with Crippen molar-refractivity contribution < 1.29 is 19.3 Å². The van der Waals surface area contributed by atoms with Gasteiger partial charge in [-0.2, -0.15) is 4.98 Å². The van der Waals surface area contributed by atoms with Gasteiger partial charge in [-0.1, -0.05) is 11.6 Å². The summed E-state index contributed by atoms with van der Waals surface area (Å²) < 4.78 is 17.6. The molecule has 1 aliphatic heterocycles. The van der Waals surface area contributed by atoms with Crippen molar-refractivity contribution in [3.63, 3.8) is 0 Å². The first kappa shape index (κ1) is 17.9. The van der Waals surface area contributed by atoms with Crippen molar-refractivity contribution in [2.24, 2.45) is 0 Å². The van der Waals surface area contributed by atoms with Gasteiger partial charge in [-0.25, -0.2) is 4.98 Å². The molecule has 1 saturated carbocycles. The first-order valence-electron chi connectivity index (χ1n) is 7.64. The lowest BCUT2D eigenvalue weighted by Gasteiger charge is -2.24. The van der Waals surface area contributed by atoms with Crippen LogP contribution in [0.1, 0.15) is 20.3 Å². The van der Waals surface area contributed by atoms with Crippen LogP contribution in [0.15, 0.2) is 0 Å². The molecule has 1 aromatic rings. The second-order valence-corrected chi connectivity index (χ2v) is 6.93. The van der Waals surface area contributed by atoms with E-state index in [1.165, 1.54) is 0 Å². The van der Waals surface area contributed by atoms with E-state index in [1.807, 2.05) is 13.8 Å². The summed E-state index contributed by atoms with van der Waals surface area (Å²) in [6.45, 7) is 3.87. The van der Waals surface area contributed by atoms with Crippen molar-refractivity contribution in [2.75, 3.05) is 24.3 Å². The lowest BCUT2D eigenvalue weighted by atomic mass is 10.2. The molecule has 2 heterocycles. The molecular formula is C14H20Cl2N4O4. The Labute approximate surface area is 149 Å². The predicted octanol–water partition coefficient (Wildman–Crippen LogP) is 1.45. The summed E-state index contributed by atoms with van der Waals surface area (Å²) in [6, 6.07) is -0.162. The molecule has 1 saturated heterocycles. The summed E-state index contributed by atoms with van der Waals surface area (Å²) in [5, 5.41) is 12.3. The third kappa shape index (κ3) is 3.54. The number of nitrogens with zero attached hydrogens (tertiary/aromatic N) is 2. The number of hydrogen-bond donors (Lipinski definition) is 3. The van der Waals surface area contributed by atoms with Gasteiger partial charge in [-0.3, -0.25) is 0 Å². The van der Waals surface area contributed by atoms with Crippen LogP contribution in [0.3, 0.4) is 0 Å². The average molecular weight is 379 g/mol. The molecule has 8 nitrogen and oxygen atoms in total. The van der Waals surface area contributed by atoms with Crippen molar-refractivity contribution in [1.82, 2.24) is 9.97 Å². The largest absolute Gasteiger partial charge is 0.394 e. The molecule has 0 radical (unpaired) electrons. The van der Waals surface area contributed by atoms with Crippen LogP contribution >= 0.6 is 23.2 Å². The Bertz CT molecular complexity index is 619. The monoisotopic (exact) mass is 378 g/mol. The highest BCUT2D eigenvalue weighted by molar-refractivity contribution is 6.34. The lowest BCUT2D eigenvalue weighted by molar-refractivity contribution is -0.167. The molecule has 134 valence electrons. The zero-order chi connectivity index (χ0) is 17.5. The van der Waals surface area contributed by atoms with Crippen molar-refractivity contribution in [1.29, 1.82) is 0 Å². The molecule has 2 fully saturated rings. The van der Waals surface area contributed by atoms with Gasteiger partial charge in [-0.05, 0) is 31.9 Å². The molecule has 1 aromatic heterocycles. The highest BCUT2D eigenvalue weighted by Crippen LogP contribution is 2.41. The van der Waals surface area contributed by atoms with Crippen LogP contribution in [0.4, 0.5) is 11.5 Å². The maximum atomic E-state index is 8.99. The molecule has 3 rings (SSSR count). The minimum atomic E-state index is -0.719. The van der Waals surface area contributed by atoms with Gasteiger partial charge < -0.3 is 30.4 Å². The van der Waals surface area contributed by atoms with Gasteiger partial charge in [0.05, 0.1) is 25.4 Å². The van der Waals surface area contributed by atoms with Crippen LogP contribution in [0.25, 0.3) is 0 Å². The third-order valence-corrected chi connectivity index (χ3v) is 4.49. The summed E-state index contributed by atoms with van der Waals surface area (Å²) in [6.07, 6.45) is -0.117. The second-order valence-electron chi connectivity index (χ2n) is 6.23. The molecule has 4 N–H and O–H groups in total.